The van der Waals surface area contributed by atoms with Crippen LogP contribution in [0, 0.1) is 0 Å². The Hall–Kier alpha value is -5.85. The van der Waals surface area contributed by atoms with Gasteiger partial charge in [-0.2, -0.15) is 0 Å². The van der Waals surface area contributed by atoms with Crippen LogP contribution < -0.4 is 17.0 Å². The zero-order valence-corrected chi connectivity index (χ0v) is 34.6. The zero-order valence-electron chi connectivity index (χ0n) is 32.1. The third-order valence-electron chi connectivity index (χ3n) is 13.0. The van der Waals surface area contributed by atoms with Crippen molar-refractivity contribution in [1.29, 1.82) is 0 Å². The van der Waals surface area contributed by atoms with Gasteiger partial charge in [0.2, 0.25) is 0 Å². The van der Waals surface area contributed by atoms with Gasteiger partial charge in [-0.1, -0.05) is 182 Å². The summed E-state index contributed by atoms with van der Waals surface area (Å²) in [7, 11) is -1.91. The van der Waals surface area contributed by atoms with Gasteiger partial charge in [0.1, 0.15) is 0 Å². The van der Waals surface area contributed by atoms with Crippen molar-refractivity contribution in [3.8, 4) is 44.5 Å². The Balaban J connectivity index is 0.00000385. The number of fused-ring (bicyclic) bond motifs is 14. The summed E-state index contributed by atoms with van der Waals surface area (Å²) in [5, 5.41) is 10.7. The van der Waals surface area contributed by atoms with Crippen molar-refractivity contribution in [2.45, 2.75) is 24.6 Å². The van der Waals surface area contributed by atoms with Crippen LogP contribution in [-0.2, 0) is 24.6 Å². The highest BCUT2D eigenvalue weighted by Gasteiger charge is 2.47. The van der Waals surface area contributed by atoms with Gasteiger partial charge in [-0.15, -0.1) is 0 Å². The first-order chi connectivity index (χ1) is 28.2. The quantitative estimate of drug-likeness (QED) is 0.152. The summed E-state index contributed by atoms with van der Waals surface area (Å²) >= 11 is 0. The van der Waals surface area contributed by atoms with Gasteiger partial charge < -0.3 is 17.0 Å². The average molecular weight is 824 g/mol. The van der Waals surface area contributed by atoms with E-state index in [1.165, 1.54) is 110 Å². The smallest absolute Gasteiger partial charge is 0.0865 e. The van der Waals surface area contributed by atoms with E-state index in [-0.39, 0.29) is 17.0 Å². The average Bonchev–Trinajstić information content (AvgIpc) is 3.51. The van der Waals surface area contributed by atoms with Gasteiger partial charge in [0.05, 0.1) is 24.6 Å². The standard InChI is InChI=1S/C56H40P.BrH/c1-3-15-37(16-4-1)49-31-41-21-9-13-25-47(41)55-51(49)35-57(36-52-50(38-17-5-2-6-18-38)32-42-22-10-14-26-48(42)56(52)55)33-43-29-27-39-19-7-11-23-45(39)53(43)54-44(34-57)30-28-40-20-8-12-24-46(40)54;/h1-32H,33-36H2;1H/q+1;/p-1. The number of hydrogen-bond donors (Lipinski definition) is 0. The number of hydrogen-bond acceptors (Lipinski definition) is 0. The molecule has 276 valence electrons. The van der Waals surface area contributed by atoms with Crippen LogP contribution in [0.3, 0.4) is 0 Å². The molecule has 0 unspecified atom stereocenters. The van der Waals surface area contributed by atoms with Crippen LogP contribution in [0.5, 0.6) is 0 Å². The molecular formula is C56H40BrP. The lowest BCUT2D eigenvalue weighted by Crippen LogP contribution is -3.00. The van der Waals surface area contributed by atoms with E-state index in [9.17, 15) is 0 Å². The van der Waals surface area contributed by atoms with Crippen LogP contribution in [0.4, 0.5) is 0 Å². The molecule has 1 spiro atoms. The maximum Gasteiger partial charge on any atom is 0.0865 e. The summed E-state index contributed by atoms with van der Waals surface area (Å²) in [6.07, 6.45) is 4.34. The highest BCUT2D eigenvalue weighted by atomic mass is 79.9. The molecule has 0 N–H and O–H groups in total. The Morgan fingerprint density at radius 3 is 1.05 bits per heavy atom. The van der Waals surface area contributed by atoms with Crippen molar-refractivity contribution in [2.75, 3.05) is 0 Å². The lowest BCUT2D eigenvalue weighted by Gasteiger charge is -2.28. The van der Waals surface area contributed by atoms with E-state index in [1.54, 1.807) is 0 Å². The van der Waals surface area contributed by atoms with Crippen molar-refractivity contribution in [1.82, 2.24) is 0 Å². The molecule has 0 aliphatic carbocycles. The first-order valence-corrected chi connectivity index (χ1v) is 22.8. The molecule has 0 aromatic heterocycles. The predicted octanol–water partition coefficient (Wildman–Crippen LogP) is 12.7. The van der Waals surface area contributed by atoms with E-state index in [1.807, 2.05) is 0 Å². The summed E-state index contributed by atoms with van der Waals surface area (Å²) in [6, 6.07) is 73.8. The lowest BCUT2D eigenvalue weighted by molar-refractivity contribution is -0.0000108. The lowest BCUT2D eigenvalue weighted by atomic mass is 9.82. The Kier molecular flexibility index (Phi) is 8.47. The van der Waals surface area contributed by atoms with Crippen LogP contribution in [0.25, 0.3) is 87.6 Å². The molecule has 0 bridgehead atoms. The van der Waals surface area contributed by atoms with Crippen molar-refractivity contribution in [3.63, 3.8) is 0 Å². The Morgan fingerprint density at radius 2 is 0.638 bits per heavy atom. The molecule has 0 saturated heterocycles. The first kappa shape index (κ1) is 35.3. The third kappa shape index (κ3) is 5.52. The van der Waals surface area contributed by atoms with Crippen molar-refractivity contribution >= 4 is 50.4 Å². The van der Waals surface area contributed by atoms with E-state index < -0.39 is 7.26 Å². The molecule has 0 saturated carbocycles. The number of benzene rings is 10. The SMILES string of the molecule is [Br-].c1ccc(-c2cc3ccccc3c3c2C[P+]2(Cc4ccc5ccccc5c4-c4c(ccc5ccccc45)C2)Cc2c(-c4ccccc4)cc4ccccc4c2-3)cc1. The third-order valence-corrected chi connectivity index (χ3v) is 17.0. The molecular weight excluding hydrogens is 783 g/mol. The van der Waals surface area contributed by atoms with Crippen LogP contribution in [0.15, 0.2) is 194 Å². The van der Waals surface area contributed by atoms with Crippen LogP contribution in [-0.4, -0.2) is 0 Å². The second kappa shape index (κ2) is 13.9. The molecule has 2 aliphatic rings. The minimum Gasteiger partial charge on any atom is -1.00 e. The minimum absolute atomic E-state index is 0. The Labute approximate surface area is 350 Å². The maximum atomic E-state index is 2.51. The van der Waals surface area contributed by atoms with Gasteiger partial charge in [0.15, 0.2) is 0 Å². The molecule has 0 nitrogen and oxygen atoms in total. The molecule has 10 aromatic rings. The van der Waals surface area contributed by atoms with E-state index in [4.69, 9.17) is 0 Å². The van der Waals surface area contributed by atoms with Gasteiger partial charge in [-0.25, -0.2) is 0 Å². The molecule has 0 amide bonds. The molecule has 12 rings (SSSR count). The Bertz CT molecular complexity index is 3020. The van der Waals surface area contributed by atoms with Gasteiger partial charge in [-0.3, -0.25) is 0 Å². The number of rotatable bonds is 2. The molecule has 10 aromatic carbocycles. The van der Waals surface area contributed by atoms with E-state index >= 15 is 0 Å². The van der Waals surface area contributed by atoms with Gasteiger partial charge in [-0.05, 0) is 111 Å². The van der Waals surface area contributed by atoms with Crippen LogP contribution in [0.2, 0.25) is 0 Å². The predicted molar refractivity (Wildman–Crippen MR) is 246 cm³/mol. The summed E-state index contributed by atoms with van der Waals surface area (Å²) < 4.78 is 0. The zero-order chi connectivity index (χ0) is 37.5. The van der Waals surface area contributed by atoms with Gasteiger partial charge in [0, 0.05) is 18.4 Å². The fourth-order valence-electron chi connectivity index (χ4n) is 10.6. The maximum absolute atomic E-state index is 2.51. The minimum atomic E-state index is -1.91. The van der Waals surface area contributed by atoms with Gasteiger partial charge >= 0.3 is 0 Å². The van der Waals surface area contributed by atoms with Crippen molar-refractivity contribution < 1.29 is 17.0 Å². The monoisotopic (exact) mass is 822 g/mol. The topological polar surface area (TPSA) is 0 Å². The fourth-order valence-corrected chi connectivity index (χ4v) is 15.3. The van der Waals surface area contributed by atoms with Crippen LogP contribution in [0.1, 0.15) is 22.3 Å². The normalized spacial score (nSPS) is 13.9. The highest BCUT2D eigenvalue weighted by Crippen LogP contribution is 2.74. The summed E-state index contributed by atoms with van der Waals surface area (Å²) in [4.78, 5) is 0. The molecule has 0 fully saturated rings. The summed E-state index contributed by atoms with van der Waals surface area (Å²) in [5.74, 6) is 0. The molecule has 2 heteroatoms. The van der Waals surface area contributed by atoms with Crippen molar-refractivity contribution in [3.05, 3.63) is 216 Å². The van der Waals surface area contributed by atoms with Crippen LogP contribution >= 0.6 is 7.26 Å². The van der Waals surface area contributed by atoms with E-state index in [0.717, 1.165) is 24.6 Å². The molecule has 2 heterocycles. The molecule has 58 heavy (non-hydrogen) atoms. The fraction of sp³-hybridized carbons (Fsp3) is 0.0714. The molecule has 0 atom stereocenters. The van der Waals surface area contributed by atoms with Crippen molar-refractivity contribution in [2.24, 2.45) is 0 Å². The summed E-state index contributed by atoms with van der Waals surface area (Å²) in [5.41, 5.74) is 17.2. The summed E-state index contributed by atoms with van der Waals surface area (Å²) in [6.45, 7) is 0. The van der Waals surface area contributed by atoms with E-state index in [0.29, 0.717) is 0 Å². The number of halogens is 1. The highest BCUT2D eigenvalue weighted by molar-refractivity contribution is 7.73. The Morgan fingerprint density at radius 1 is 0.293 bits per heavy atom. The molecule has 0 radical (unpaired) electrons. The first-order valence-electron chi connectivity index (χ1n) is 20.3. The molecule has 2 aliphatic heterocycles. The van der Waals surface area contributed by atoms with E-state index in [2.05, 4.69) is 194 Å². The largest absolute Gasteiger partial charge is 1.00 e. The second-order valence-corrected chi connectivity index (χ2v) is 20.3. The second-order valence-electron chi connectivity index (χ2n) is 16.3. The van der Waals surface area contributed by atoms with Gasteiger partial charge in [0.25, 0.3) is 0 Å².